The molecule has 0 saturated heterocycles. The van der Waals surface area contributed by atoms with Gasteiger partial charge in [0.1, 0.15) is 0 Å². The molecular formula is C57H52N2. The van der Waals surface area contributed by atoms with E-state index >= 15 is 0 Å². The predicted octanol–water partition coefficient (Wildman–Crippen LogP) is 16.0. The van der Waals surface area contributed by atoms with Gasteiger partial charge in [0.05, 0.1) is 11.0 Å². The zero-order chi connectivity index (χ0) is 40.6. The first kappa shape index (κ1) is 38.9. The standard InChI is InChI=1S/C57H52N2/c1-5-7-22-46-26-15-16-29-50(46)52-40-55-57(51-30-19-21-42(4)56(51)52)53-39-43(31-36-54(53)59(55)49-27-13-10-14-28-49)38-47(23-8-6-2)41(3)20-17-18-37-58-48-34-32-45(33-35-48)44-24-11-9-12-25-44/h8-21,23-40,58H,3,5-7,22H2,1-2,4H3/b20-17-,23-8-,37-18-,47-38+. The monoisotopic (exact) mass is 764 g/mol. The average molecular weight is 765 g/mol. The van der Waals surface area contributed by atoms with E-state index in [9.17, 15) is 0 Å². The third kappa shape index (κ3) is 8.40. The van der Waals surface area contributed by atoms with Crippen molar-refractivity contribution in [2.45, 2.75) is 46.5 Å². The van der Waals surface area contributed by atoms with Crippen molar-refractivity contribution in [2.24, 2.45) is 0 Å². The first-order valence-corrected chi connectivity index (χ1v) is 21.0. The van der Waals surface area contributed by atoms with Gasteiger partial charge in [-0.1, -0.05) is 160 Å². The van der Waals surface area contributed by atoms with Gasteiger partial charge in [-0.15, -0.1) is 0 Å². The van der Waals surface area contributed by atoms with Crippen molar-refractivity contribution in [3.63, 3.8) is 0 Å². The van der Waals surface area contributed by atoms with Crippen LogP contribution in [-0.2, 0) is 6.42 Å². The van der Waals surface area contributed by atoms with Gasteiger partial charge in [0.2, 0.25) is 0 Å². The molecule has 0 spiro atoms. The van der Waals surface area contributed by atoms with E-state index in [-0.39, 0.29) is 0 Å². The van der Waals surface area contributed by atoms with Crippen LogP contribution >= 0.6 is 0 Å². The first-order valence-electron chi connectivity index (χ1n) is 21.0. The van der Waals surface area contributed by atoms with Crippen LogP contribution in [0, 0.1) is 6.92 Å². The summed E-state index contributed by atoms with van der Waals surface area (Å²) >= 11 is 0. The van der Waals surface area contributed by atoms with E-state index in [2.05, 4.69) is 207 Å². The Labute approximate surface area is 349 Å². The number of hydrogen-bond acceptors (Lipinski definition) is 1. The quantitative estimate of drug-likeness (QED) is 0.109. The fraction of sp³-hybridized carbons (Fsp3) is 0.123. The van der Waals surface area contributed by atoms with Gasteiger partial charge in [-0.3, -0.25) is 0 Å². The minimum absolute atomic E-state index is 0.945. The summed E-state index contributed by atoms with van der Waals surface area (Å²) in [4.78, 5) is 0. The molecular weight excluding hydrogens is 713 g/mol. The highest BCUT2D eigenvalue weighted by Crippen LogP contribution is 2.44. The Kier molecular flexibility index (Phi) is 12.0. The van der Waals surface area contributed by atoms with E-state index in [4.69, 9.17) is 0 Å². The Morgan fingerprint density at radius 1 is 0.644 bits per heavy atom. The number of rotatable bonds is 14. The zero-order valence-electron chi connectivity index (χ0n) is 34.5. The van der Waals surface area contributed by atoms with E-state index in [0.717, 1.165) is 40.9 Å². The second-order valence-corrected chi connectivity index (χ2v) is 15.3. The number of benzene rings is 7. The SMILES string of the molecule is C=C(/C=C\C=C/Nc1ccc(-c2ccccc2)cc1)C(/C=C\CC)=C/c1ccc2c(c1)c1c3cccc(C)c3c(-c3ccccc3CCCC)cc1n2-c1ccccc1. The van der Waals surface area contributed by atoms with Crippen molar-refractivity contribution in [3.05, 3.63) is 223 Å². The zero-order valence-corrected chi connectivity index (χ0v) is 34.5. The summed E-state index contributed by atoms with van der Waals surface area (Å²) in [5, 5.41) is 8.53. The van der Waals surface area contributed by atoms with Gasteiger partial charge in [-0.25, -0.2) is 0 Å². The number of unbranched alkanes of at least 4 members (excludes halogenated alkanes) is 1. The number of aryl methyl sites for hydroxylation is 2. The number of anilines is 1. The van der Waals surface area contributed by atoms with Gasteiger partial charge in [0.15, 0.2) is 0 Å². The molecule has 0 aliphatic rings. The molecule has 8 aromatic rings. The lowest BCUT2D eigenvalue weighted by molar-refractivity contribution is 0.796. The molecule has 0 bridgehead atoms. The first-order chi connectivity index (χ1) is 29.0. The molecule has 0 aliphatic carbocycles. The molecule has 59 heavy (non-hydrogen) atoms. The fourth-order valence-corrected chi connectivity index (χ4v) is 8.25. The van der Waals surface area contributed by atoms with Crippen LogP contribution in [0.25, 0.3) is 66.6 Å². The van der Waals surface area contributed by atoms with Gasteiger partial charge in [0.25, 0.3) is 0 Å². The van der Waals surface area contributed by atoms with E-state index in [1.165, 1.54) is 78.8 Å². The van der Waals surface area contributed by atoms with Gasteiger partial charge < -0.3 is 9.88 Å². The van der Waals surface area contributed by atoms with Gasteiger partial charge >= 0.3 is 0 Å². The van der Waals surface area contributed by atoms with E-state index in [1.54, 1.807) is 0 Å². The summed E-state index contributed by atoms with van der Waals surface area (Å²) in [6.07, 6.45) is 19.1. The lowest BCUT2D eigenvalue weighted by Crippen LogP contribution is -1.96. The van der Waals surface area contributed by atoms with Crippen molar-refractivity contribution in [2.75, 3.05) is 5.32 Å². The van der Waals surface area contributed by atoms with E-state index < -0.39 is 0 Å². The van der Waals surface area contributed by atoms with Crippen LogP contribution < -0.4 is 5.32 Å². The van der Waals surface area contributed by atoms with Crippen molar-refractivity contribution < 1.29 is 0 Å². The molecule has 1 heterocycles. The fourth-order valence-electron chi connectivity index (χ4n) is 8.25. The highest BCUT2D eigenvalue weighted by atomic mass is 15.0. The number of para-hydroxylation sites is 1. The second kappa shape index (κ2) is 18.1. The summed E-state index contributed by atoms with van der Waals surface area (Å²) in [6, 6.07) is 55.0. The molecule has 8 rings (SSSR count). The Morgan fingerprint density at radius 3 is 2.17 bits per heavy atom. The van der Waals surface area contributed by atoms with Gasteiger partial charge in [0, 0.05) is 28.3 Å². The van der Waals surface area contributed by atoms with Crippen molar-refractivity contribution in [1.29, 1.82) is 0 Å². The Hall–Kier alpha value is -6.90. The highest BCUT2D eigenvalue weighted by molar-refractivity contribution is 6.25. The summed E-state index contributed by atoms with van der Waals surface area (Å²) < 4.78 is 2.45. The molecule has 0 unspecified atom stereocenters. The van der Waals surface area contributed by atoms with E-state index in [0.29, 0.717) is 0 Å². The maximum Gasteiger partial charge on any atom is 0.0553 e. The molecule has 0 amide bonds. The lowest BCUT2D eigenvalue weighted by Gasteiger charge is -2.16. The van der Waals surface area contributed by atoms with Crippen molar-refractivity contribution >= 4 is 44.3 Å². The summed E-state index contributed by atoms with van der Waals surface area (Å²) in [6.45, 7) is 11.2. The molecule has 0 aliphatic heterocycles. The Morgan fingerprint density at radius 2 is 1.39 bits per heavy atom. The Balaban J connectivity index is 1.18. The minimum atomic E-state index is 0.945. The van der Waals surface area contributed by atoms with Crippen LogP contribution in [0.15, 0.2) is 206 Å². The summed E-state index contributed by atoms with van der Waals surface area (Å²) in [7, 11) is 0. The molecule has 1 N–H and O–H groups in total. The number of allylic oxidation sites excluding steroid dienone is 7. The van der Waals surface area contributed by atoms with E-state index in [1.807, 2.05) is 24.4 Å². The second-order valence-electron chi connectivity index (χ2n) is 15.3. The van der Waals surface area contributed by atoms with Crippen LogP contribution in [0.1, 0.15) is 49.8 Å². The highest BCUT2D eigenvalue weighted by Gasteiger charge is 2.20. The maximum absolute atomic E-state index is 4.50. The Bertz CT molecular complexity index is 2860. The van der Waals surface area contributed by atoms with Gasteiger partial charge in [-0.05, 0) is 142 Å². The molecule has 2 nitrogen and oxygen atoms in total. The molecule has 0 atom stereocenters. The number of nitrogens with zero attached hydrogens (tertiary/aromatic N) is 1. The topological polar surface area (TPSA) is 17.0 Å². The van der Waals surface area contributed by atoms with Crippen molar-refractivity contribution in [1.82, 2.24) is 4.57 Å². The number of aromatic nitrogens is 1. The molecule has 0 fully saturated rings. The van der Waals surface area contributed by atoms with Crippen molar-refractivity contribution in [3.8, 4) is 27.9 Å². The van der Waals surface area contributed by atoms with Crippen LogP contribution in [0.5, 0.6) is 0 Å². The third-order valence-electron chi connectivity index (χ3n) is 11.2. The molecule has 290 valence electrons. The number of nitrogens with one attached hydrogen (secondary N) is 1. The normalized spacial score (nSPS) is 12.2. The van der Waals surface area contributed by atoms with Crippen LogP contribution in [0.4, 0.5) is 5.69 Å². The largest absolute Gasteiger partial charge is 0.362 e. The maximum atomic E-state index is 4.50. The van der Waals surface area contributed by atoms with Crippen LogP contribution in [0.2, 0.25) is 0 Å². The average Bonchev–Trinajstić information content (AvgIpc) is 3.61. The number of fused-ring (bicyclic) bond motifs is 5. The molecule has 0 radical (unpaired) electrons. The number of hydrogen-bond donors (Lipinski definition) is 1. The molecule has 7 aromatic carbocycles. The summed E-state index contributed by atoms with van der Waals surface area (Å²) in [5.74, 6) is 0. The molecule has 1 aromatic heterocycles. The molecule has 2 heteroatoms. The third-order valence-corrected chi connectivity index (χ3v) is 11.2. The van der Waals surface area contributed by atoms with Crippen LogP contribution in [-0.4, -0.2) is 4.57 Å². The minimum Gasteiger partial charge on any atom is -0.362 e. The van der Waals surface area contributed by atoms with Crippen LogP contribution in [0.3, 0.4) is 0 Å². The smallest absolute Gasteiger partial charge is 0.0553 e. The van der Waals surface area contributed by atoms with Gasteiger partial charge in [-0.2, -0.15) is 0 Å². The predicted molar refractivity (Wildman–Crippen MR) is 257 cm³/mol. The molecule has 0 saturated carbocycles. The lowest BCUT2D eigenvalue weighted by atomic mass is 9.89. The summed E-state index contributed by atoms with van der Waals surface area (Å²) in [5.41, 5.74) is 15.5.